The minimum atomic E-state index is -0.132. The van der Waals surface area contributed by atoms with Crippen molar-refractivity contribution < 1.29 is 19.0 Å². The molecule has 0 bridgehead atoms. The van der Waals surface area contributed by atoms with Crippen LogP contribution in [0.1, 0.15) is 49.5 Å². The molecule has 5 heteroatoms. The highest BCUT2D eigenvalue weighted by atomic mass is 16.5. The first-order valence-electron chi connectivity index (χ1n) is 10.0. The molecule has 28 heavy (non-hydrogen) atoms. The molecule has 2 aromatic rings. The lowest BCUT2D eigenvalue weighted by Crippen LogP contribution is -2.32. The Labute approximate surface area is 167 Å². The minimum absolute atomic E-state index is 0.0632. The maximum atomic E-state index is 12.9. The van der Waals surface area contributed by atoms with Crippen molar-refractivity contribution in [1.82, 2.24) is 5.32 Å². The van der Waals surface area contributed by atoms with E-state index in [0.29, 0.717) is 49.2 Å². The average molecular weight is 383 g/mol. The Kier molecular flexibility index (Phi) is 6.45. The molecule has 0 heterocycles. The monoisotopic (exact) mass is 383 g/mol. The summed E-state index contributed by atoms with van der Waals surface area (Å²) in [5, 5.41) is 3.10. The average Bonchev–Trinajstić information content (AvgIpc) is 3.50. The number of hydrogen-bond donors (Lipinski definition) is 1. The third kappa shape index (κ3) is 4.41. The molecule has 0 spiro atoms. The second-order valence-electron chi connectivity index (χ2n) is 6.93. The topological polar surface area (TPSA) is 56.8 Å². The summed E-state index contributed by atoms with van der Waals surface area (Å²) in [7, 11) is 0. The van der Waals surface area contributed by atoms with Crippen molar-refractivity contribution in [2.24, 2.45) is 0 Å². The Hall–Kier alpha value is -2.69. The van der Waals surface area contributed by atoms with Gasteiger partial charge in [-0.3, -0.25) is 4.79 Å². The molecule has 0 radical (unpaired) electrons. The minimum Gasteiger partial charge on any atom is -0.490 e. The highest BCUT2D eigenvalue weighted by Crippen LogP contribution is 2.47. The highest BCUT2D eigenvalue weighted by Gasteiger charge is 2.44. The molecule has 1 amide bonds. The van der Waals surface area contributed by atoms with Gasteiger partial charge in [0.05, 0.1) is 19.8 Å². The largest absolute Gasteiger partial charge is 0.490 e. The van der Waals surface area contributed by atoms with Gasteiger partial charge < -0.3 is 19.5 Å². The molecule has 0 aliphatic heterocycles. The fourth-order valence-corrected chi connectivity index (χ4v) is 3.38. The van der Waals surface area contributed by atoms with Crippen LogP contribution in [0.15, 0.2) is 42.5 Å². The number of ether oxygens (including phenoxy) is 3. The first kappa shape index (κ1) is 20.1. The van der Waals surface area contributed by atoms with Crippen molar-refractivity contribution in [2.75, 3.05) is 26.4 Å². The molecule has 0 unspecified atom stereocenters. The van der Waals surface area contributed by atoms with Crippen molar-refractivity contribution in [3.8, 4) is 17.2 Å². The number of carbonyl (C=O) groups is 1. The number of amides is 1. The van der Waals surface area contributed by atoms with E-state index in [4.69, 9.17) is 14.2 Å². The van der Waals surface area contributed by atoms with Gasteiger partial charge in [-0.15, -0.1) is 0 Å². The molecule has 5 nitrogen and oxygen atoms in total. The quantitative estimate of drug-likeness (QED) is 0.663. The second kappa shape index (κ2) is 9.00. The van der Waals surface area contributed by atoms with Gasteiger partial charge in [-0.05, 0) is 51.3 Å². The number of benzene rings is 2. The normalized spacial score (nSPS) is 14.2. The Bertz CT molecular complexity index is 772. The lowest BCUT2D eigenvalue weighted by atomic mass is 9.96. The summed E-state index contributed by atoms with van der Waals surface area (Å²) in [6.45, 7) is 7.79. The van der Waals surface area contributed by atoms with E-state index in [0.717, 1.165) is 12.8 Å². The van der Waals surface area contributed by atoms with Gasteiger partial charge >= 0.3 is 0 Å². The van der Waals surface area contributed by atoms with Crippen LogP contribution in [0.2, 0.25) is 0 Å². The molecule has 1 fully saturated rings. The van der Waals surface area contributed by atoms with Crippen molar-refractivity contribution in [3.63, 3.8) is 0 Å². The van der Waals surface area contributed by atoms with Crippen LogP contribution in [0.3, 0.4) is 0 Å². The number of carbonyl (C=O) groups excluding carboxylic acids is 1. The Balaban J connectivity index is 1.79. The van der Waals surface area contributed by atoms with Crippen molar-refractivity contribution in [2.45, 2.75) is 39.0 Å². The zero-order valence-corrected chi connectivity index (χ0v) is 16.9. The molecule has 1 saturated carbocycles. The van der Waals surface area contributed by atoms with Crippen molar-refractivity contribution in [1.29, 1.82) is 0 Å². The summed E-state index contributed by atoms with van der Waals surface area (Å²) >= 11 is 0. The lowest BCUT2D eigenvalue weighted by Gasteiger charge is -2.19. The summed E-state index contributed by atoms with van der Waals surface area (Å²) in [4.78, 5) is 12.9. The molecule has 0 aromatic heterocycles. The van der Waals surface area contributed by atoms with Gasteiger partial charge in [-0.1, -0.05) is 30.3 Å². The SMILES string of the molecule is CCOc1cc(C(=O)NCC2(c3ccccc3)CC2)cc(OCC)c1OCC. The Morgan fingerprint density at radius 1 is 0.929 bits per heavy atom. The molecule has 1 aliphatic rings. The van der Waals surface area contributed by atoms with Gasteiger partial charge in [-0.2, -0.15) is 0 Å². The maximum absolute atomic E-state index is 12.9. The van der Waals surface area contributed by atoms with Crippen molar-refractivity contribution in [3.05, 3.63) is 53.6 Å². The summed E-state index contributed by atoms with van der Waals surface area (Å²) in [6.07, 6.45) is 2.18. The van der Waals surface area contributed by atoms with Crippen LogP contribution >= 0.6 is 0 Å². The predicted octanol–water partition coefficient (Wildman–Crippen LogP) is 4.34. The molecule has 1 aliphatic carbocycles. The van der Waals surface area contributed by atoms with Gasteiger partial charge in [0.1, 0.15) is 0 Å². The summed E-state index contributed by atoms with van der Waals surface area (Å²) in [5.74, 6) is 1.48. The number of rotatable bonds is 10. The van der Waals surface area contributed by atoms with Crippen LogP contribution in [0.4, 0.5) is 0 Å². The van der Waals surface area contributed by atoms with E-state index < -0.39 is 0 Å². The zero-order chi connectivity index (χ0) is 20.0. The van der Waals surface area contributed by atoms with Crippen LogP contribution in [0.25, 0.3) is 0 Å². The molecule has 0 atom stereocenters. The third-order valence-electron chi connectivity index (χ3n) is 5.00. The van der Waals surface area contributed by atoms with E-state index in [2.05, 4.69) is 17.4 Å². The van der Waals surface area contributed by atoms with Crippen LogP contribution in [-0.2, 0) is 5.41 Å². The molecule has 1 N–H and O–H groups in total. The Morgan fingerprint density at radius 2 is 1.50 bits per heavy atom. The van der Waals surface area contributed by atoms with E-state index in [1.165, 1.54) is 5.56 Å². The summed E-state index contributed by atoms with van der Waals surface area (Å²) in [6, 6.07) is 13.8. The van der Waals surface area contributed by atoms with Gasteiger partial charge in [0.2, 0.25) is 5.75 Å². The fourth-order valence-electron chi connectivity index (χ4n) is 3.38. The lowest BCUT2D eigenvalue weighted by molar-refractivity contribution is 0.0948. The second-order valence-corrected chi connectivity index (χ2v) is 6.93. The first-order chi connectivity index (χ1) is 13.6. The van der Waals surface area contributed by atoms with Gasteiger partial charge in [0.15, 0.2) is 11.5 Å². The molecule has 0 saturated heterocycles. The van der Waals surface area contributed by atoms with Crippen LogP contribution in [0.5, 0.6) is 17.2 Å². The van der Waals surface area contributed by atoms with Crippen LogP contribution in [-0.4, -0.2) is 32.3 Å². The van der Waals surface area contributed by atoms with Crippen LogP contribution in [0, 0.1) is 0 Å². The Morgan fingerprint density at radius 3 is 2.00 bits per heavy atom. The predicted molar refractivity (Wildman–Crippen MR) is 110 cm³/mol. The number of nitrogens with one attached hydrogen (secondary N) is 1. The zero-order valence-electron chi connectivity index (χ0n) is 16.9. The van der Waals surface area contributed by atoms with E-state index in [1.54, 1.807) is 12.1 Å². The standard InChI is InChI=1S/C23H29NO4/c1-4-26-19-14-17(15-20(27-5-2)21(19)28-6-3)22(25)24-16-23(12-13-23)18-10-8-7-9-11-18/h7-11,14-15H,4-6,12-13,16H2,1-3H3,(H,24,25). The molecule has 2 aromatic carbocycles. The summed E-state index contributed by atoms with van der Waals surface area (Å²) < 4.78 is 17.1. The van der Waals surface area contributed by atoms with Gasteiger partial charge in [-0.25, -0.2) is 0 Å². The molecule has 3 rings (SSSR count). The molecule has 150 valence electrons. The van der Waals surface area contributed by atoms with Gasteiger partial charge in [0, 0.05) is 17.5 Å². The maximum Gasteiger partial charge on any atom is 0.251 e. The fraction of sp³-hybridized carbons (Fsp3) is 0.435. The highest BCUT2D eigenvalue weighted by molar-refractivity contribution is 5.95. The molecular formula is C23H29NO4. The first-order valence-corrected chi connectivity index (χ1v) is 10.0. The molecular weight excluding hydrogens is 354 g/mol. The van der Waals surface area contributed by atoms with E-state index >= 15 is 0 Å². The van der Waals surface area contributed by atoms with Crippen molar-refractivity contribution >= 4 is 5.91 Å². The smallest absolute Gasteiger partial charge is 0.251 e. The van der Waals surface area contributed by atoms with E-state index in [9.17, 15) is 4.79 Å². The third-order valence-corrected chi connectivity index (χ3v) is 5.00. The summed E-state index contributed by atoms with van der Waals surface area (Å²) in [5.41, 5.74) is 1.86. The van der Waals surface area contributed by atoms with E-state index in [-0.39, 0.29) is 11.3 Å². The van der Waals surface area contributed by atoms with E-state index in [1.807, 2.05) is 39.0 Å². The van der Waals surface area contributed by atoms with Crippen LogP contribution < -0.4 is 19.5 Å². The number of hydrogen-bond acceptors (Lipinski definition) is 4. The van der Waals surface area contributed by atoms with Gasteiger partial charge in [0.25, 0.3) is 5.91 Å².